The Morgan fingerprint density at radius 1 is 1.05 bits per heavy atom. The van der Waals surface area contributed by atoms with Gasteiger partial charge in [-0.3, -0.25) is 13.9 Å². The Hall–Kier alpha value is -2.14. The third kappa shape index (κ3) is 6.85. The molecule has 2 N–H and O–H groups in total. The van der Waals surface area contributed by atoms with E-state index in [0.717, 1.165) is 73.9 Å². The summed E-state index contributed by atoms with van der Waals surface area (Å²) in [5.41, 5.74) is 2.23. The molecule has 10 heteroatoms. The van der Waals surface area contributed by atoms with Crippen LogP contribution in [0, 0.1) is 11.8 Å². The minimum atomic E-state index is -3.12. The van der Waals surface area contributed by atoms with Crippen molar-refractivity contribution in [1.29, 1.82) is 0 Å². The first kappa shape index (κ1) is 27.9. The largest absolute Gasteiger partial charge is 0.385 e. The van der Waals surface area contributed by atoms with Gasteiger partial charge >= 0.3 is 0 Å². The third-order valence-corrected chi connectivity index (χ3v) is 9.75. The number of rotatable bonds is 9. The standard InChI is InChI=1S/C27H38N4O4S2/c1-19(32)22-7-4-8-23-24(29-27(33)21-6-5-15-30(18-21)36-2)9-10-25(26(22)23)28-14-11-20-12-16-31(17-13-20)37(3,34)35/h4,7-10,20-21,28H,5-6,11-18H2,1-3H3,(H,29,33). The molecule has 202 valence electrons. The van der Waals surface area contributed by atoms with Crippen molar-refractivity contribution < 1.29 is 18.0 Å². The van der Waals surface area contributed by atoms with Crippen LogP contribution >= 0.6 is 11.9 Å². The monoisotopic (exact) mass is 546 g/mol. The second kappa shape index (κ2) is 12.1. The minimum absolute atomic E-state index is 0.0202. The number of nitrogens with zero attached hydrogens (tertiary/aromatic N) is 2. The van der Waals surface area contributed by atoms with E-state index in [4.69, 9.17) is 0 Å². The van der Waals surface area contributed by atoms with Crippen LogP contribution in [-0.2, 0) is 14.8 Å². The summed E-state index contributed by atoms with van der Waals surface area (Å²) in [6.07, 6.45) is 7.83. The molecule has 0 aliphatic carbocycles. The Morgan fingerprint density at radius 2 is 1.78 bits per heavy atom. The van der Waals surface area contributed by atoms with Gasteiger partial charge in [-0.1, -0.05) is 30.1 Å². The van der Waals surface area contributed by atoms with Gasteiger partial charge in [0.1, 0.15) is 0 Å². The number of carbonyl (C=O) groups is 2. The zero-order chi connectivity index (χ0) is 26.6. The van der Waals surface area contributed by atoms with Gasteiger partial charge in [0, 0.05) is 60.4 Å². The van der Waals surface area contributed by atoms with E-state index in [0.29, 0.717) is 24.6 Å². The van der Waals surface area contributed by atoms with Crippen molar-refractivity contribution in [2.75, 3.05) is 55.9 Å². The zero-order valence-electron chi connectivity index (χ0n) is 22.0. The molecule has 2 aliphatic rings. The lowest BCUT2D eigenvalue weighted by Crippen LogP contribution is -2.38. The van der Waals surface area contributed by atoms with Crippen LogP contribution in [-0.4, -0.2) is 74.0 Å². The molecule has 1 unspecified atom stereocenters. The fraction of sp³-hybridized carbons (Fsp3) is 0.556. The van der Waals surface area contributed by atoms with Crippen molar-refractivity contribution in [2.24, 2.45) is 11.8 Å². The molecule has 2 saturated heterocycles. The van der Waals surface area contributed by atoms with Gasteiger partial charge in [0.2, 0.25) is 15.9 Å². The Kier molecular flexibility index (Phi) is 9.15. The van der Waals surface area contributed by atoms with Crippen molar-refractivity contribution in [1.82, 2.24) is 8.61 Å². The van der Waals surface area contributed by atoms with Gasteiger partial charge < -0.3 is 10.6 Å². The fourth-order valence-electron chi connectivity index (χ4n) is 5.45. The fourth-order valence-corrected chi connectivity index (χ4v) is 6.97. The molecule has 2 fully saturated rings. The van der Waals surface area contributed by atoms with Crippen LogP contribution < -0.4 is 10.6 Å². The smallest absolute Gasteiger partial charge is 0.228 e. The van der Waals surface area contributed by atoms with E-state index in [1.807, 2.05) is 36.6 Å². The number of hydrogen-bond acceptors (Lipinski definition) is 7. The molecule has 2 aromatic carbocycles. The summed E-state index contributed by atoms with van der Waals surface area (Å²) in [7, 11) is -3.12. The lowest BCUT2D eigenvalue weighted by molar-refractivity contribution is -0.120. The number of ketones is 1. The summed E-state index contributed by atoms with van der Waals surface area (Å²) in [5, 5.41) is 8.35. The van der Waals surface area contributed by atoms with Gasteiger partial charge in [0.25, 0.3) is 0 Å². The van der Waals surface area contributed by atoms with E-state index in [1.54, 1.807) is 23.2 Å². The molecule has 2 heterocycles. The molecule has 0 radical (unpaired) electrons. The van der Waals surface area contributed by atoms with Gasteiger partial charge in [-0.25, -0.2) is 12.7 Å². The van der Waals surface area contributed by atoms with Gasteiger partial charge in [0.15, 0.2) is 5.78 Å². The maximum absolute atomic E-state index is 13.1. The summed E-state index contributed by atoms with van der Waals surface area (Å²) in [6, 6.07) is 9.53. The SMILES string of the molecule is CSN1CCCC(C(=O)Nc2ccc(NCCC3CCN(S(C)(=O)=O)CC3)c3c(C(C)=O)cccc23)C1. The minimum Gasteiger partial charge on any atom is -0.385 e. The highest BCUT2D eigenvalue weighted by molar-refractivity contribution is 7.96. The summed E-state index contributed by atoms with van der Waals surface area (Å²) in [5.74, 6) is 0.403. The average molecular weight is 547 g/mol. The molecule has 0 bridgehead atoms. The zero-order valence-corrected chi connectivity index (χ0v) is 23.6. The number of amides is 1. The second-order valence-corrected chi connectivity index (χ2v) is 13.0. The number of anilines is 2. The highest BCUT2D eigenvalue weighted by Gasteiger charge is 2.27. The van der Waals surface area contributed by atoms with E-state index < -0.39 is 10.0 Å². The maximum Gasteiger partial charge on any atom is 0.228 e. The first-order valence-corrected chi connectivity index (χ1v) is 16.1. The van der Waals surface area contributed by atoms with E-state index in [9.17, 15) is 18.0 Å². The lowest BCUT2D eigenvalue weighted by atomic mass is 9.94. The summed E-state index contributed by atoms with van der Waals surface area (Å²) >= 11 is 1.68. The van der Waals surface area contributed by atoms with Crippen LogP contribution in [0.15, 0.2) is 30.3 Å². The van der Waals surface area contributed by atoms with Crippen molar-refractivity contribution in [3.63, 3.8) is 0 Å². The van der Waals surface area contributed by atoms with Crippen molar-refractivity contribution >= 4 is 55.8 Å². The number of carbonyl (C=O) groups excluding carboxylic acids is 2. The summed E-state index contributed by atoms with van der Waals surface area (Å²) in [4.78, 5) is 25.7. The maximum atomic E-state index is 13.1. The quantitative estimate of drug-likeness (QED) is 0.354. The Morgan fingerprint density at radius 3 is 2.46 bits per heavy atom. The molecule has 1 atom stereocenters. The molecule has 37 heavy (non-hydrogen) atoms. The number of hydrogen-bond donors (Lipinski definition) is 2. The Balaban J connectivity index is 1.48. The van der Waals surface area contributed by atoms with Crippen molar-refractivity contribution in [3.05, 3.63) is 35.9 Å². The van der Waals surface area contributed by atoms with Crippen LogP contribution in [0.2, 0.25) is 0 Å². The van der Waals surface area contributed by atoms with Crippen LogP contribution in [0.1, 0.15) is 49.4 Å². The molecular formula is C27H38N4O4S2. The third-order valence-electron chi connectivity index (χ3n) is 7.60. The molecule has 8 nitrogen and oxygen atoms in total. The van der Waals surface area contributed by atoms with Crippen LogP contribution in [0.25, 0.3) is 10.8 Å². The number of sulfonamides is 1. The molecule has 0 saturated carbocycles. The van der Waals surface area contributed by atoms with Gasteiger partial charge in [-0.05, 0) is 63.3 Å². The predicted octanol–water partition coefficient (Wildman–Crippen LogP) is 4.44. The molecule has 1 amide bonds. The molecule has 0 spiro atoms. The molecule has 0 aromatic heterocycles. The number of fused-ring (bicyclic) bond motifs is 1. The first-order valence-electron chi connectivity index (χ1n) is 13.0. The van der Waals surface area contributed by atoms with Gasteiger partial charge in [-0.15, -0.1) is 0 Å². The number of Topliss-reactive ketones (excluding diaryl/α,β-unsaturated/α-hetero) is 1. The molecule has 2 aromatic rings. The first-order chi connectivity index (χ1) is 17.7. The van der Waals surface area contributed by atoms with Crippen LogP contribution in [0.5, 0.6) is 0 Å². The number of benzene rings is 2. The highest BCUT2D eigenvalue weighted by Crippen LogP contribution is 2.34. The Bertz CT molecular complexity index is 1240. The number of piperidine rings is 2. The number of nitrogens with one attached hydrogen (secondary N) is 2. The molecule has 2 aliphatic heterocycles. The van der Waals surface area contributed by atoms with Crippen LogP contribution in [0.4, 0.5) is 11.4 Å². The highest BCUT2D eigenvalue weighted by atomic mass is 32.2. The van der Waals surface area contributed by atoms with Crippen molar-refractivity contribution in [2.45, 2.75) is 39.0 Å². The lowest BCUT2D eigenvalue weighted by Gasteiger charge is -2.30. The summed E-state index contributed by atoms with van der Waals surface area (Å²) < 4.78 is 27.3. The molecular weight excluding hydrogens is 508 g/mol. The predicted molar refractivity (Wildman–Crippen MR) is 153 cm³/mol. The molecule has 4 rings (SSSR count). The second-order valence-electron chi connectivity index (χ2n) is 10.2. The van der Waals surface area contributed by atoms with Crippen LogP contribution in [0.3, 0.4) is 0 Å². The van der Waals surface area contributed by atoms with E-state index in [2.05, 4.69) is 14.9 Å². The van der Waals surface area contributed by atoms with E-state index >= 15 is 0 Å². The Labute approximate surface area is 224 Å². The topological polar surface area (TPSA) is 98.8 Å². The van der Waals surface area contributed by atoms with E-state index in [-0.39, 0.29) is 17.6 Å². The summed E-state index contributed by atoms with van der Waals surface area (Å²) in [6.45, 7) is 5.19. The van der Waals surface area contributed by atoms with E-state index in [1.165, 1.54) is 6.26 Å². The normalized spacial score (nSPS) is 20.1. The van der Waals surface area contributed by atoms with Crippen molar-refractivity contribution in [3.8, 4) is 0 Å². The van der Waals surface area contributed by atoms with Gasteiger partial charge in [-0.2, -0.15) is 0 Å². The average Bonchev–Trinajstić information content (AvgIpc) is 2.89. The van der Waals surface area contributed by atoms with Gasteiger partial charge in [0.05, 0.1) is 12.2 Å².